The highest BCUT2D eigenvalue weighted by Crippen LogP contribution is 2.15. The Labute approximate surface area is 146 Å². The van der Waals surface area contributed by atoms with Crippen LogP contribution < -0.4 is 5.32 Å². The lowest BCUT2D eigenvalue weighted by atomic mass is 10.1. The fourth-order valence-electron chi connectivity index (χ4n) is 2.92. The van der Waals surface area contributed by atoms with Crippen LogP contribution in [0.3, 0.4) is 0 Å². The normalized spacial score (nSPS) is 14.1. The van der Waals surface area contributed by atoms with Crippen molar-refractivity contribution in [3.8, 4) is 0 Å². The Morgan fingerprint density at radius 3 is 2.88 bits per heavy atom. The largest absolute Gasteiger partial charge is 0.453 e. The molecule has 0 saturated carbocycles. The fraction of sp³-hybridized carbons (Fsp3) is 0.368. The molecule has 0 aliphatic carbocycles. The van der Waals surface area contributed by atoms with Crippen LogP contribution in [0.5, 0.6) is 0 Å². The minimum atomic E-state index is -0.262. The Morgan fingerprint density at radius 2 is 2.12 bits per heavy atom. The third kappa shape index (κ3) is 4.48. The van der Waals surface area contributed by atoms with Gasteiger partial charge in [-0.2, -0.15) is 0 Å². The SMILES string of the molecule is COCc1ccc(C(=O)NCc2cccc(CN3CCCC3=O)c2)o1. The molecular formula is C19H22N2O4. The Balaban J connectivity index is 1.56. The molecule has 0 spiro atoms. The second-order valence-electron chi connectivity index (χ2n) is 6.12. The van der Waals surface area contributed by atoms with Crippen molar-refractivity contribution in [2.75, 3.05) is 13.7 Å². The van der Waals surface area contributed by atoms with Crippen molar-refractivity contribution in [2.24, 2.45) is 0 Å². The fourth-order valence-corrected chi connectivity index (χ4v) is 2.92. The highest BCUT2D eigenvalue weighted by Gasteiger charge is 2.20. The number of carbonyl (C=O) groups excluding carboxylic acids is 2. The summed E-state index contributed by atoms with van der Waals surface area (Å²) >= 11 is 0. The molecular weight excluding hydrogens is 320 g/mol. The Kier molecular flexibility index (Phi) is 5.50. The number of nitrogens with one attached hydrogen (secondary N) is 1. The highest BCUT2D eigenvalue weighted by molar-refractivity contribution is 5.91. The van der Waals surface area contributed by atoms with Gasteiger partial charge in [0, 0.05) is 33.2 Å². The van der Waals surface area contributed by atoms with Gasteiger partial charge in [-0.15, -0.1) is 0 Å². The second-order valence-corrected chi connectivity index (χ2v) is 6.12. The molecule has 1 aromatic heterocycles. The van der Waals surface area contributed by atoms with Crippen molar-refractivity contribution in [3.05, 3.63) is 59.0 Å². The molecule has 1 saturated heterocycles. The first kappa shape index (κ1) is 17.2. The van der Waals surface area contributed by atoms with Gasteiger partial charge in [0.2, 0.25) is 5.91 Å². The number of carbonyl (C=O) groups is 2. The van der Waals surface area contributed by atoms with E-state index in [-0.39, 0.29) is 17.6 Å². The molecule has 3 rings (SSSR count). The standard InChI is InChI=1S/C19H22N2O4/c1-24-13-16-7-8-17(25-16)19(23)20-11-14-4-2-5-15(10-14)12-21-9-3-6-18(21)22/h2,4-5,7-8,10H,3,6,9,11-13H2,1H3,(H,20,23). The summed E-state index contributed by atoms with van der Waals surface area (Å²) in [5.41, 5.74) is 2.06. The first-order valence-corrected chi connectivity index (χ1v) is 8.37. The average Bonchev–Trinajstić information content (AvgIpc) is 3.23. The van der Waals surface area contributed by atoms with Crippen molar-refractivity contribution < 1.29 is 18.7 Å². The third-order valence-electron chi connectivity index (χ3n) is 4.16. The maximum absolute atomic E-state index is 12.1. The lowest BCUT2D eigenvalue weighted by Crippen LogP contribution is -2.24. The van der Waals surface area contributed by atoms with Crippen LogP contribution in [0.1, 0.15) is 40.3 Å². The predicted molar refractivity (Wildman–Crippen MR) is 91.7 cm³/mol. The summed E-state index contributed by atoms with van der Waals surface area (Å²) in [6.45, 7) is 2.19. The van der Waals surface area contributed by atoms with Crippen LogP contribution in [0.15, 0.2) is 40.8 Å². The van der Waals surface area contributed by atoms with Gasteiger partial charge in [0.15, 0.2) is 5.76 Å². The number of amides is 2. The van der Waals surface area contributed by atoms with Crippen LogP contribution in [-0.4, -0.2) is 30.4 Å². The Bertz CT molecular complexity index is 753. The molecule has 0 unspecified atom stereocenters. The molecule has 1 fully saturated rings. The smallest absolute Gasteiger partial charge is 0.287 e. The first-order chi connectivity index (χ1) is 12.2. The van der Waals surface area contributed by atoms with E-state index in [9.17, 15) is 9.59 Å². The lowest BCUT2D eigenvalue weighted by molar-refractivity contribution is -0.128. The number of furan rings is 1. The maximum Gasteiger partial charge on any atom is 0.287 e. The first-order valence-electron chi connectivity index (χ1n) is 8.37. The minimum absolute atomic E-state index is 0.211. The van der Waals surface area contributed by atoms with Gasteiger partial charge >= 0.3 is 0 Å². The molecule has 0 atom stereocenters. The number of rotatable bonds is 7. The van der Waals surface area contributed by atoms with Gasteiger partial charge in [-0.25, -0.2) is 0 Å². The van der Waals surface area contributed by atoms with Crippen LogP contribution in [0.4, 0.5) is 0 Å². The molecule has 1 aliphatic rings. The molecule has 0 bridgehead atoms. The average molecular weight is 342 g/mol. The summed E-state index contributed by atoms with van der Waals surface area (Å²) < 4.78 is 10.4. The van der Waals surface area contributed by atoms with E-state index in [1.807, 2.05) is 29.2 Å². The minimum Gasteiger partial charge on any atom is -0.453 e. The molecule has 2 amide bonds. The summed E-state index contributed by atoms with van der Waals surface area (Å²) in [5.74, 6) is 0.835. The summed E-state index contributed by atoms with van der Waals surface area (Å²) in [6, 6.07) is 11.3. The van der Waals surface area contributed by atoms with E-state index in [1.54, 1.807) is 19.2 Å². The molecule has 2 aromatic rings. The summed E-state index contributed by atoms with van der Waals surface area (Å²) in [4.78, 5) is 25.8. The van der Waals surface area contributed by atoms with Gasteiger partial charge in [0.05, 0.1) is 0 Å². The van der Waals surface area contributed by atoms with Gasteiger partial charge < -0.3 is 19.4 Å². The molecule has 2 heterocycles. The van der Waals surface area contributed by atoms with Crippen LogP contribution in [0.2, 0.25) is 0 Å². The van der Waals surface area contributed by atoms with E-state index in [0.29, 0.717) is 31.9 Å². The molecule has 6 heteroatoms. The van der Waals surface area contributed by atoms with E-state index in [1.165, 1.54) is 0 Å². The maximum atomic E-state index is 12.1. The number of hydrogen-bond donors (Lipinski definition) is 1. The van der Waals surface area contributed by atoms with Crippen LogP contribution in [-0.2, 0) is 29.2 Å². The number of methoxy groups -OCH3 is 1. The highest BCUT2D eigenvalue weighted by atomic mass is 16.5. The molecule has 6 nitrogen and oxygen atoms in total. The molecule has 1 aliphatic heterocycles. The zero-order chi connectivity index (χ0) is 17.6. The summed E-state index contributed by atoms with van der Waals surface area (Å²) in [7, 11) is 1.57. The number of nitrogens with zero attached hydrogens (tertiary/aromatic N) is 1. The summed E-state index contributed by atoms with van der Waals surface area (Å²) in [5, 5.41) is 2.85. The van der Waals surface area contributed by atoms with Crippen LogP contribution >= 0.6 is 0 Å². The van der Waals surface area contributed by atoms with Crippen molar-refractivity contribution in [2.45, 2.75) is 32.5 Å². The number of likely N-dealkylation sites (tertiary alicyclic amines) is 1. The Morgan fingerprint density at radius 1 is 1.28 bits per heavy atom. The van der Waals surface area contributed by atoms with E-state index in [0.717, 1.165) is 24.1 Å². The van der Waals surface area contributed by atoms with Crippen LogP contribution in [0, 0.1) is 0 Å². The monoisotopic (exact) mass is 342 g/mol. The molecule has 1 N–H and O–H groups in total. The predicted octanol–water partition coefficient (Wildman–Crippen LogP) is 2.48. The topological polar surface area (TPSA) is 71.8 Å². The zero-order valence-electron chi connectivity index (χ0n) is 14.3. The van der Waals surface area contributed by atoms with E-state index in [4.69, 9.17) is 9.15 Å². The number of hydrogen-bond acceptors (Lipinski definition) is 4. The number of ether oxygens (including phenoxy) is 1. The van der Waals surface area contributed by atoms with Gasteiger partial charge in [0.25, 0.3) is 5.91 Å². The second kappa shape index (κ2) is 7.98. The quantitative estimate of drug-likeness (QED) is 0.839. The van der Waals surface area contributed by atoms with Gasteiger partial charge in [0.1, 0.15) is 12.4 Å². The van der Waals surface area contributed by atoms with Crippen molar-refractivity contribution in [1.29, 1.82) is 0 Å². The van der Waals surface area contributed by atoms with E-state index < -0.39 is 0 Å². The van der Waals surface area contributed by atoms with Gasteiger partial charge in [-0.3, -0.25) is 9.59 Å². The molecule has 132 valence electrons. The lowest BCUT2D eigenvalue weighted by Gasteiger charge is -2.16. The van der Waals surface area contributed by atoms with Gasteiger partial charge in [-0.1, -0.05) is 24.3 Å². The molecule has 1 aromatic carbocycles. The van der Waals surface area contributed by atoms with E-state index in [2.05, 4.69) is 5.32 Å². The molecule has 25 heavy (non-hydrogen) atoms. The zero-order valence-corrected chi connectivity index (χ0v) is 14.3. The van der Waals surface area contributed by atoms with Crippen molar-refractivity contribution in [1.82, 2.24) is 10.2 Å². The van der Waals surface area contributed by atoms with E-state index >= 15 is 0 Å². The Hall–Kier alpha value is -2.60. The van der Waals surface area contributed by atoms with Gasteiger partial charge in [-0.05, 0) is 29.7 Å². The summed E-state index contributed by atoms with van der Waals surface area (Å²) in [6.07, 6.45) is 1.58. The van der Waals surface area contributed by atoms with Crippen molar-refractivity contribution >= 4 is 11.8 Å². The molecule has 0 radical (unpaired) electrons. The van der Waals surface area contributed by atoms with Crippen molar-refractivity contribution in [3.63, 3.8) is 0 Å². The number of benzene rings is 1. The third-order valence-corrected chi connectivity index (χ3v) is 4.16. The van der Waals surface area contributed by atoms with Crippen LogP contribution in [0.25, 0.3) is 0 Å².